The molecular weight excluding hydrogens is 236 g/mol. The number of aryl methyl sites for hydroxylation is 2. The fraction of sp³-hybridized carbons (Fsp3) is 0.125. The van der Waals surface area contributed by atoms with Gasteiger partial charge >= 0.3 is 0 Å². The van der Waals surface area contributed by atoms with E-state index in [0.29, 0.717) is 0 Å². The smallest absolute Gasteiger partial charge is 0.248 e. The molecule has 0 aliphatic rings. The van der Waals surface area contributed by atoms with E-state index in [-0.39, 0.29) is 5.91 Å². The summed E-state index contributed by atoms with van der Waals surface area (Å²) in [7, 11) is 0. The molecule has 0 saturated carbocycles. The molecule has 0 atom stereocenters. The summed E-state index contributed by atoms with van der Waals surface area (Å²) >= 11 is 0. The summed E-state index contributed by atoms with van der Waals surface area (Å²) in [5.41, 5.74) is 4.04. The van der Waals surface area contributed by atoms with E-state index < -0.39 is 0 Å². The van der Waals surface area contributed by atoms with E-state index in [0.717, 1.165) is 16.8 Å². The average Bonchev–Trinajstić information content (AvgIpc) is 2.41. The first-order valence-corrected chi connectivity index (χ1v) is 6.11. The van der Waals surface area contributed by atoms with Crippen molar-refractivity contribution in [1.82, 2.24) is 4.98 Å². The molecule has 19 heavy (non-hydrogen) atoms. The summed E-state index contributed by atoms with van der Waals surface area (Å²) in [6, 6.07) is 9.64. The highest BCUT2D eigenvalue weighted by molar-refractivity contribution is 6.02. The molecule has 0 aliphatic heterocycles. The van der Waals surface area contributed by atoms with Gasteiger partial charge in [0.1, 0.15) is 0 Å². The molecule has 96 valence electrons. The average molecular weight is 252 g/mol. The predicted molar refractivity (Wildman–Crippen MR) is 77.8 cm³/mol. The van der Waals surface area contributed by atoms with Crippen molar-refractivity contribution in [2.24, 2.45) is 0 Å². The van der Waals surface area contributed by atoms with Crippen LogP contribution < -0.4 is 5.32 Å². The number of amides is 1. The van der Waals surface area contributed by atoms with E-state index in [4.69, 9.17) is 0 Å². The van der Waals surface area contributed by atoms with Crippen molar-refractivity contribution >= 4 is 17.7 Å². The van der Waals surface area contributed by atoms with Gasteiger partial charge in [0, 0.05) is 24.2 Å². The Balaban J connectivity index is 2.04. The minimum Gasteiger partial charge on any atom is -0.322 e. The maximum atomic E-state index is 11.8. The van der Waals surface area contributed by atoms with Crippen LogP contribution in [0.4, 0.5) is 5.69 Å². The van der Waals surface area contributed by atoms with Crippen molar-refractivity contribution < 1.29 is 4.79 Å². The van der Waals surface area contributed by atoms with E-state index >= 15 is 0 Å². The van der Waals surface area contributed by atoms with E-state index in [9.17, 15) is 4.79 Å². The summed E-state index contributed by atoms with van der Waals surface area (Å²) < 4.78 is 0. The lowest BCUT2D eigenvalue weighted by Gasteiger charge is -2.06. The van der Waals surface area contributed by atoms with Gasteiger partial charge in [0.2, 0.25) is 5.91 Å². The molecule has 0 saturated heterocycles. The van der Waals surface area contributed by atoms with Crippen molar-refractivity contribution in [2.45, 2.75) is 13.8 Å². The second-order valence-corrected chi connectivity index (χ2v) is 4.42. The monoisotopic (exact) mass is 252 g/mol. The Labute approximate surface area is 113 Å². The van der Waals surface area contributed by atoms with Crippen LogP contribution in [0.15, 0.2) is 48.8 Å². The van der Waals surface area contributed by atoms with E-state index in [2.05, 4.69) is 10.3 Å². The molecule has 1 aromatic carbocycles. The highest BCUT2D eigenvalue weighted by Crippen LogP contribution is 2.16. The van der Waals surface area contributed by atoms with Crippen LogP contribution in [0.25, 0.3) is 6.08 Å². The summed E-state index contributed by atoms with van der Waals surface area (Å²) in [6.45, 7) is 4.01. The van der Waals surface area contributed by atoms with Crippen molar-refractivity contribution in [3.63, 3.8) is 0 Å². The highest BCUT2D eigenvalue weighted by Gasteiger charge is 2.01. The number of benzene rings is 1. The number of carbonyl (C=O) groups excluding carboxylic acids is 1. The number of anilines is 1. The zero-order valence-corrected chi connectivity index (χ0v) is 11.1. The Kier molecular flexibility index (Phi) is 4.08. The van der Waals surface area contributed by atoms with Gasteiger partial charge in [0.05, 0.1) is 0 Å². The van der Waals surface area contributed by atoms with Crippen molar-refractivity contribution in [3.05, 3.63) is 65.5 Å². The van der Waals surface area contributed by atoms with Gasteiger partial charge in [-0.3, -0.25) is 9.78 Å². The van der Waals surface area contributed by atoms with Crippen LogP contribution in [0.2, 0.25) is 0 Å². The largest absolute Gasteiger partial charge is 0.322 e. The molecule has 3 nitrogen and oxygen atoms in total. The lowest BCUT2D eigenvalue weighted by molar-refractivity contribution is -0.111. The minimum absolute atomic E-state index is 0.135. The molecule has 1 heterocycles. The number of nitrogens with zero attached hydrogens (tertiary/aromatic N) is 1. The van der Waals surface area contributed by atoms with Crippen LogP contribution >= 0.6 is 0 Å². The molecule has 0 spiro atoms. The lowest BCUT2D eigenvalue weighted by Crippen LogP contribution is -2.08. The third-order valence-corrected chi connectivity index (χ3v) is 2.77. The van der Waals surface area contributed by atoms with E-state index in [1.165, 1.54) is 11.6 Å². The molecule has 1 aromatic heterocycles. The molecule has 1 amide bonds. The number of carbonyl (C=O) groups is 1. The molecule has 3 heteroatoms. The quantitative estimate of drug-likeness (QED) is 0.851. The zero-order valence-electron chi connectivity index (χ0n) is 11.1. The summed E-state index contributed by atoms with van der Waals surface area (Å²) in [4.78, 5) is 15.7. The zero-order chi connectivity index (χ0) is 13.7. The number of hydrogen-bond donors (Lipinski definition) is 1. The Hall–Kier alpha value is -2.42. The number of rotatable bonds is 3. The SMILES string of the molecule is Cc1ccc(NC(=O)C=Cc2ccncc2)c(C)c1. The molecular formula is C16H16N2O. The molecule has 0 aliphatic carbocycles. The number of nitrogens with one attached hydrogen (secondary N) is 1. The van der Waals surface area contributed by atoms with Gasteiger partial charge in [0.15, 0.2) is 0 Å². The lowest BCUT2D eigenvalue weighted by atomic mass is 10.1. The van der Waals surface area contributed by atoms with Gasteiger partial charge in [0.25, 0.3) is 0 Å². The van der Waals surface area contributed by atoms with E-state index in [1.54, 1.807) is 18.5 Å². The third kappa shape index (κ3) is 3.78. The van der Waals surface area contributed by atoms with Gasteiger partial charge in [-0.05, 0) is 49.2 Å². The third-order valence-electron chi connectivity index (χ3n) is 2.77. The van der Waals surface area contributed by atoms with Crippen molar-refractivity contribution in [3.8, 4) is 0 Å². The van der Waals surface area contributed by atoms with Crippen molar-refractivity contribution in [2.75, 3.05) is 5.32 Å². The van der Waals surface area contributed by atoms with Gasteiger partial charge in [-0.2, -0.15) is 0 Å². The number of hydrogen-bond acceptors (Lipinski definition) is 2. The Bertz CT molecular complexity index is 603. The second-order valence-electron chi connectivity index (χ2n) is 4.42. The maximum absolute atomic E-state index is 11.8. The number of aromatic nitrogens is 1. The summed E-state index contributed by atoms with van der Waals surface area (Å²) in [6.07, 6.45) is 6.68. The second kappa shape index (κ2) is 5.96. The summed E-state index contributed by atoms with van der Waals surface area (Å²) in [5, 5.41) is 2.87. The molecule has 1 N–H and O–H groups in total. The Morgan fingerprint density at radius 3 is 2.58 bits per heavy atom. The van der Waals surface area contributed by atoms with Gasteiger partial charge in [-0.1, -0.05) is 17.7 Å². The van der Waals surface area contributed by atoms with Crippen molar-refractivity contribution in [1.29, 1.82) is 0 Å². The topological polar surface area (TPSA) is 42.0 Å². The Morgan fingerprint density at radius 1 is 1.16 bits per heavy atom. The van der Waals surface area contributed by atoms with Gasteiger partial charge in [-0.15, -0.1) is 0 Å². The van der Waals surface area contributed by atoms with Crippen LogP contribution in [0.5, 0.6) is 0 Å². The fourth-order valence-electron chi connectivity index (χ4n) is 1.77. The first kappa shape index (κ1) is 13.0. The molecule has 0 unspecified atom stereocenters. The molecule has 2 rings (SSSR count). The fourth-order valence-corrected chi connectivity index (χ4v) is 1.77. The van der Waals surface area contributed by atoms with E-state index in [1.807, 2.05) is 44.2 Å². The normalized spacial score (nSPS) is 10.6. The predicted octanol–water partition coefficient (Wildman–Crippen LogP) is 3.35. The number of pyridine rings is 1. The highest BCUT2D eigenvalue weighted by atomic mass is 16.1. The standard InChI is InChI=1S/C16H16N2O/c1-12-3-5-15(13(2)11-12)18-16(19)6-4-14-7-9-17-10-8-14/h3-11H,1-2H3,(H,18,19). The first-order chi connectivity index (χ1) is 9.15. The van der Waals surface area contributed by atoms with Crippen LogP contribution in [0.1, 0.15) is 16.7 Å². The Morgan fingerprint density at radius 2 is 1.89 bits per heavy atom. The summed E-state index contributed by atoms with van der Waals surface area (Å²) in [5.74, 6) is -0.135. The van der Waals surface area contributed by atoms with Crippen LogP contribution in [0, 0.1) is 13.8 Å². The molecule has 0 fully saturated rings. The molecule has 2 aromatic rings. The molecule has 0 radical (unpaired) electrons. The van der Waals surface area contributed by atoms with Crippen LogP contribution in [-0.4, -0.2) is 10.9 Å². The minimum atomic E-state index is -0.135. The molecule has 0 bridgehead atoms. The van der Waals surface area contributed by atoms with Crippen LogP contribution in [0.3, 0.4) is 0 Å². The van der Waals surface area contributed by atoms with Crippen LogP contribution in [-0.2, 0) is 4.79 Å². The first-order valence-electron chi connectivity index (χ1n) is 6.11. The van der Waals surface area contributed by atoms with Gasteiger partial charge in [-0.25, -0.2) is 0 Å². The maximum Gasteiger partial charge on any atom is 0.248 e. The van der Waals surface area contributed by atoms with Gasteiger partial charge < -0.3 is 5.32 Å².